The molecule has 4 N–H and O–H groups in total. The Kier molecular flexibility index (Phi) is 8.39. The quantitative estimate of drug-likeness (QED) is 0.269. The van der Waals surface area contributed by atoms with Crippen molar-refractivity contribution in [1.82, 2.24) is 25.5 Å². The number of halogens is 2. The summed E-state index contributed by atoms with van der Waals surface area (Å²) in [5.41, 5.74) is 7.55. The molecule has 0 radical (unpaired) electrons. The van der Waals surface area contributed by atoms with Crippen LogP contribution in [0.2, 0.25) is 10.0 Å². The normalized spacial score (nSPS) is 13.1. The molecule has 37 heavy (non-hydrogen) atoms. The van der Waals surface area contributed by atoms with Crippen LogP contribution in [0, 0.1) is 11.8 Å². The Bertz CT molecular complexity index is 1390. The molecular weight excluding hydrogens is 533 g/mol. The molecule has 9 nitrogen and oxygen atoms in total. The minimum Gasteiger partial charge on any atom is -0.369 e. The van der Waals surface area contributed by atoms with Crippen LogP contribution >= 0.6 is 35.0 Å². The summed E-state index contributed by atoms with van der Waals surface area (Å²) in [4.78, 5) is 23.6. The molecule has 2 aromatic carbocycles. The Morgan fingerprint density at radius 1 is 1.19 bits per heavy atom. The number of nitrogens with one attached hydrogen (secondary N) is 2. The van der Waals surface area contributed by atoms with E-state index in [1.54, 1.807) is 18.2 Å². The monoisotopic (exact) mass is 557 g/mol. The average molecular weight is 558 g/mol. The van der Waals surface area contributed by atoms with Crippen LogP contribution < -0.4 is 16.4 Å². The highest BCUT2D eigenvalue weighted by Gasteiger charge is 2.24. The molecule has 1 aliphatic rings. The Balaban J connectivity index is 1.36. The van der Waals surface area contributed by atoms with Crippen molar-refractivity contribution in [3.05, 3.63) is 57.6 Å². The minimum absolute atomic E-state index is 0.0253. The summed E-state index contributed by atoms with van der Waals surface area (Å²) in [5, 5.41) is 18.9. The van der Waals surface area contributed by atoms with Crippen LogP contribution in [0.3, 0.4) is 0 Å². The Hall–Kier alpha value is -3.10. The fourth-order valence-corrected chi connectivity index (χ4v) is 4.56. The lowest BCUT2D eigenvalue weighted by Crippen LogP contribution is -2.42. The lowest BCUT2D eigenvalue weighted by molar-refractivity contribution is -0.117. The van der Waals surface area contributed by atoms with Gasteiger partial charge in [0.2, 0.25) is 17.0 Å². The van der Waals surface area contributed by atoms with Gasteiger partial charge in [0.15, 0.2) is 0 Å². The largest absolute Gasteiger partial charge is 0.369 e. The molecule has 3 aromatic rings. The van der Waals surface area contributed by atoms with Gasteiger partial charge in [-0.3, -0.25) is 14.9 Å². The van der Waals surface area contributed by atoms with Gasteiger partial charge in [-0.25, -0.2) is 0 Å². The number of anilines is 1. The van der Waals surface area contributed by atoms with Crippen molar-refractivity contribution < 1.29 is 9.59 Å². The summed E-state index contributed by atoms with van der Waals surface area (Å²) < 4.78 is 1.52. The lowest BCUT2D eigenvalue weighted by Gasteiger charge is -2.18. The van der Waals surface area contributed by atoms with Crippen LogP contribution in [-0.4, -0.2) is 49.9 Å². The van der Waals surface area contributed by atoms with E-state index in [1.807, 2.05) is 32.0 Å². The van der Waals surface area contributed by atoms with E-state index in [2.05, 4.69) is 38.0 Å². The third kappa shape index (κ3) is 7.46. The molecule has 1 fully saturated rings. The summed E-state index contributed by atoms with van der Waals surface area (Å²) >= 11 is 14.0. The van der Waals surface area contributed by atoms with E-state index in [1.165, 1.54) is 34.8 Å². The lowest BCUT2D eigenvalue weighted by atomic mass is 10.1. The molecule has 1 aliphatic carbocycles. The molecule has 0 bridgehead atoms. The number of amides is 2. The van der Waals surface area contributed by atoms with Gasteiger partial charge >= 0.3 is 0 Å². The van der Waals surface area contributed by atoms with E-state index in [-0.39, 0.29) is 18.2 Å². The number of aromatic nitrogens is 4. The molecule has 4 rings (SSSR count). The number of hydrogen-bond acceptors (Lipinski definition) is 7. The maximum Gasteiger partial charge on any atom is 0.234 e. The standard InChI is InChI=1S/C25H25Cl2N7O2S/c1-25(2,29-13-22(28)35)10-9-15-3-7-20(18(26)11-15)30-23(36)14-37-24-31-32-33-34(24)21-8-6-17(12-19(21)27)16-4-5-16/h3,6-8,11-12,16,29H,4-5,13-14H2,1-2H3,(H2,28,35)(H,30,36). The van der Waals surface area contributed by atoms with Gasteiger partial charge in [0.05, 0.1) is 39.3 Å². The summed E-state index contributed by atoms with van der Waals surface area (Å²) in [6.45, 7) is 3.70. The third-order valence-corrected chi connectivity index (χ3v) is 7.02. The van der Waals surface area contributed by atoms with Gasteiger partial charge in [-0.05, 0) is 78.9 Å². The number of carbonyl (C=O) groups is 2. The van der Waals surface area contributed by atoms with E-state index < -0.39 is 11.4 Å². The molecular formula is C25H25Cl2N7O2S. The number of thioether (sulfide) groups is 1. The average Bonchev–Trinajstić information content (AvgIpc) is 3.60. The number of primary amides is 1. The first kappa shape index (κ1) is 26.9. The summed E-state index contributed by atoms with van der Waals surface area (Å²) in [7, 11) is 0. The first-order valence-corrected chi connectivity index (χ1v) is 13.2. The predicted molar refractivity (Wildman–Crippen MR) is 145 cm³/mol. The van der Waals surface area contributed by atoms with Crippen molar-refractivity contribution in [2.45, 2.75) is 43.3 Å². The maximum atomic E-state index is 12.6. The number of hydrogen-bond donors (Lipinski definition) is 3. The maximum absolute atomic E-state index is 12.6. The summed E-state index contributed by atoms with van der Waals surface area (Å²) in [6, 6.07) is 11.0. The smallest absolute Gasteiger partial charge is 0.234 e. The molecule has 0 spiro atoms. The summed E-state index contributed by atoms with van der Waals surface area (Å²) in [6.07, 6.45) is 2.37. The van der Waals surface area contributed by atoms with Crippen molar-refractivity contribution in [3.8, 4) is 17.5 Å². The van der Waals surface area contributed by atoms with Gasteiger partial charge in [-0.15, -0.1) is 5.10 Å². The van der Waals surface area contributed by atoms with Crippen molar-refractivity contribution in [2.24, 2.45) is 5.73 Å². The number of benzene rings is 2. The Morgan fingerprint density at radius 2 is 1.97 bits per heavy atom. The number of rotatable bonds is 9. The van der Waals surface area contributed by atoms with E-state index in [9.17, 15) is 9.59 Å². The highest BCUT2D eigenvalue weighted by atomic mass is 35.5. The van der Waals surface area contributed by atoms with Crippen LogP contribution in [0.15, 0.2) is 41.6 Å². The second kappa shape index (κ2) is 11.5. The second-order valence-electron chi connectivity index (χ2n) is 9.08. The first-order valence-electron chi connectivity index (χ1n) is 11.5. The highest BCUT2D eigenvalue weighted by molar-refractivity contribution is 7.99. The molecule has 2 amide bonds. The number of carbonyl (C=O) groups excluding carboxylic acids is 2. The van der Waals surface area contributed by atoms with Gasteiger partial charge in [0.1, 0.15) is 0 Å². The molecule has 1 saturated carbocycles. The van der Waals surface area contributed by atoms with Crippen molar-refractivity contribution in [2.75, 3.05) is 17.6 Å². The van der Waals surface area contributed by atoms with Crippen LogP contribution in [0.1, 0.15) is 43.7 Å². The zero-order valence-corrected chi connectivity index (χ0v) is 22.5. The Morgan fingerprint density at radius 3 is 2.65 bits per heavy atom. The summed E-state index contributed by atoms with van der Waals surface area (Å²) in [5.74, 6) is 5.97. The minimum atomic E-state index is -0.621. The second-order valence-corrected chi connectivity index (χ2v) is 10.8. The molecule has 0 saturated heterocycles. The number of tetrazole rings is 1. The van der Waals surface area contributed by atoms with E-state index in [4.69, 9.17) is 28.9 Å². The molecule has 1 heterocycles. The fourth-order valence-electron chi connectivity index (χ4n) is 3.38. The SMILES string of the molecule is CC(C)(C#Cc1ccc(NC(=O)CSc2nnnn2-c2ccc(C3CC3)cc2Cl)c(Cl)c1)NCC(N)=O. The highest BCUT2D eigenvalue weighted by Crippen LogP contribution is 2.41. The fraction of sp³-hybridized carbons (Fsp3) is 0.320. The molecule has 0 aliphatic heterocycles. The van der Waals surface area contributed by atoms with Crippen LogP contribution in [0.5, 0.6) is 0 Å². The van der Waals surface area contributed by atoms with Gasteiger partial charge < -0.3 is 11.1 Å². The first-order chi connectivity index (χ1) is 17.6. The van der Waals surface area contributed by atoms with E-state index in [0.29, 0.717) is 38.1 Å². The van der Waals surface area contributed by atoms with Crippen molar-refractivity contribution >= 4 is 52.5 Å². The van der Waals surface area contributed by atoms with Crippen molar-refractivity contribution in [1.29, 1.82) is 0 Å². The zero-order valence-electron chi connectivity index (χ0n) is 20.2. The number of nitrogens with zero attached hydrogens (tertiary/aromatic N) is 4. The van der Waals surface area contributed by atoms with Gasteiger partial charge in [0, 0.05) is 5.56 Å². The van der Waals surface area contributed by atoms with E-state index >= 15 is 0 Å². The van der Waals surface area contributed by atoms with Crippen molar-refractivity contribution in [3.63, 3.8) is 0 Å². The van der Waals surface area contributed by atoms with Crippen LogP contribution in [0.25, 0.3) is 5.69 Å². The van der Waals surface area contributed by atoms with Gasteiger partial charge in [-0.2, -0.15) is 4.68 Å². The van der Waals surface area contributed by atoms with Crippen LogP contribution in [-0.2, 0) is 9.59 Å². The topological polar surface area (TPSA) is 128 Å². The molecule has 192 valence electrons. The molecule has 0 atom stereocenters. The zero-order chi connectivity index (χ0) is 26.6. The van der Waals surface area contributed by atoms with Crippen LogP contribution in [0.4, 0.5) is 5.69 Å². The molecule has 1 aromatic heterocycles. The molecule has 12 heteroatoms. The van der Waals surface area contributed by atoms with Gasteiger partial charge in [0.25, 0.3) is 0 Å². The molecule has 0 unspecified atom stereocenters. The van der Waals surface area contributed by atoms with E-state index in [0.717, 1.165) is 0 Å². The predicted octanol–water partition coefficient (Wildman–Crippen LogP) is 3.78. The van der Waals surface area contributed by atoms with Gasteiger partial charge in [-0.1, -0.05) is 52.9 Å². The third-order valence-electron chi connectivity index (χ3n) is 5.49. The Labute approximate surface area is 228 Å². The number of nitrogens with two attached hydrogens (primary N) is 1.